The molecule has 1 aromatic rings. The number of carbonyl (C=O) groups excluding carboxylic acids is 1. The van der Waals surface area contributed by atoms with E-state index in [-0.39, 0.29) is 5.97 Å². The van der Waals surface area contributed by atoms with Crippen LogP contribution in [0, 0.1) is 0 Å². The van der Waals surface area contributed by atoms with E-state index in [2.05, 4.69) is 6.92 Å². The molecular weight excluding hydrogens is 220 g/mol. The van der Waals surface area contributed by atoms with Gasteiger partial charge in [-0.05, 0) is 24.8 Å². The van der Waals surface area contributed by atoms with Gasteiger partial charge in [-0.2, -0.15) is 0 Å². The molecule has 0 saturated heterocycles. The van der Waals surface area contributed by atoms with E-state index in [0.29, 0.717) is 12.2 Å². The van der Waals surface area contributed by atoms with Gasteiger partial charge in [0.25, 0.3) is 0 Å². The number of esters is 1. The van der Waals surface area contributed by atoms with Crippen LogP contribution in [0.2, 0.25) is 0 Å². The van der Waals surface area contributed by atoms with Crippen LogP contribution in [0.5, 0.6) is 0 Å². The molecule has 0 N–H and O–H groups in total. The van der Waals surface area contributed by atoms with Gasteiger partial charge < -0.3 is 4.74 Å². The molecule has 88 valence electrons. The number of unbranched alkanes of at least 4 members (excludes halogenated alkanes) is 2. The molecule has 0 radical (unpaired) electrons. The summed E-state index contributed by atoms with van der Waals surface area (Å²) in [5.74, 6) is -0.207. The molecule has 3 heteroatoms. The molecule has 0 atom stereocenters. The van der Waals surface area contributed by atoms with Crippen molar-refractivity contribution in [2.75, 3.05) is 12.9 Å². The van der Waals surface area contributed by atoms with Gasteiger partial charge >= 0.3 is 5.97 Å². The molecule has 0 heterocycles. The molecule has 1 rings (SSSR count). The Balaban J connectivity index is 2.52. The Morgan fingerprint density at radius 2 is 2.06 bits per heavy atom. The van der Waals surface area contributed by atoms with Gasteiger partial charge in [0, 0.05) is 4.90 Å². The van der Waals surface area contributed by atoms with Crippen molar-refractivity contribution >= 4 is 17.7 Å². The molecule has 2 nitrogen and oxygen atoms in total. The number of benzene rings is 1. The minimum absolute atomic E-state index is 0.207. The van der Waals surface area contributed by atoms with Crippen LogP contribution in [0.25, 0.3) is 0 Å². The molecule has 1 aromatic carbocycles. The number of carbonyl (C=O) groups is 1. The molecule has 0 aliphatic carbocycles. The topological polar surface area (TPSA) is 26.3 Å². The third kappa shape index (κ3) is 3.89. The first-order valence-electron chi connectivity index (χ1n) is 5.59. The molecule has 0 aliphatic rings. The molecule has 0 saturated carbocycles. The lowest BCUT2D eigenvalue weighted by atomic mass is 10.2. The van der Waals surface area contributed by atoms with E-state index in [1.807, 2.05) is 30.5 Å². The number of ether oxygens (including phenoxy) is 1. The third-order valence-corrected chi connectivity index (χ3v) is 3.10. The van der Waals surface area contributed by atoms with E-state index in [4.69, 9.17) is 4.74 Å². The minimum atomic E-state index is -0.207. The maximum absolute atomic E-state index is 11.8. The summed E-state index contributed by atoms with van der Waals surface area (Å²) in [7, 11) is 0. The maximum Gasteiger partial charge on any atom is 0.339 e. The predicted molar refractivity (Wildman–Crippen MR) is 68.0 cm³/mol. The van der Waals surface area contributed by atoms with Crippen molar-refractivity contribution in [1.29, 1.82) is 0 Å². The summed E-state index contributed by atoms with van der Waals surface area (Å²) in [5, 5.41) is 0. The summed E-state index contributed by atoms with van der Waals surface area (Å²) in [6, 6.07) is 7.54. The predicted octanol–water partition coefficient (Wildman–Crippen LogP) is 3.76. The van der Waals surface area contributed by atoms with Gasteiger partial charge in [-0.15, -0.1) is 11.8 Å². The second kappa shape index (κ2) is 7.34. The van der Waals surface area contributed by atoms with E-state index < -0.39 is 0 Å². The lowest BCUT2D eigenvalue weighted by Crippen LogP contribution is -2.07. The fourth-order valence-corrected chi connectivity index (χ4v) is 1.99. The standard InChI is InChI=1S/C13H18O2S/c1-3-4-7-10-15-13(14)11-8-5-6-9-12(11)16-2/h5-6,8-9H,3-4,7,10H2,1-2H3. The van der Waals surface area contributed by atoms with Crippen LogP contribution in [0.4, 0.5) is 0 Å². The summed E-state index contributed by atoms with van der Waals surface area (Å²) in [5.41, 5.74) is 0.673. The second-order valence-corrected chi connectivity index (χ2v) is 4.39. The van der Waals surface area contributed by atoms with Gasteiger partial charge in [-0.25, -0.2) is 4.79 Å². The summed E-state index contributed by atoms with van der Waals surface area (Å²) in [4.78, 5) is 12.7. The fraction of sp³-hybridized carbons (Fsp3) is 0.462. The lowest BCUT2D eigenvalue weighted by molar-refractivity contribution is 0.0494. The van der Waals surface area contributed by atoms with E-state index >= 15 is 0 Å². The smallest absolute Gasteiger partial charge is 0.339 e. The average molecular weight is 238 g/mol. The van der Waals surface area contributed by atoms with E-state index in [0.717, 1.165) is 24.2 Å². The summed E-state index contributed by atoms with van der Waals surface area (Å²) in [6.07, 6.45) is 5.16. The zero-order valence-electron chi connectivity index (χ0n) is 9.86. The molecule has 0 aliphatic heterocycles. The summed E-state index contributed by atoms with van der Waals surface area (Å²) >= 11 is 1.57. The van der Waals surface area contributed by atoms with Gasteiger partial charge in [-0.3, -0.25) is 0 Å². The third-order valence-electron chi connectivity index (χ3n) is 2.31. The highest BCUT2D eigenvalue weighted by atomic mass is 32.2. The second-order valence-electron chi connectivity index (χ2n) is 3.54. The molecule has 16 heavy (non-hydrogen) atoms. The van der Waals surface area contributed by atoms with Crippen molar-refractivity contribution in [2.45, 2.75) is 31.1 Å². The maximum atomic E-state index is 11.8. The molecule has 0 fully saturated rings. The Morgan fingerprint density at radius 1 is 1.31 bits per heavy atom. The van der Waals surface area contributed by atoms with Gasteiger partial charge in [0.05, 0.1) is 12.2 Å². The van der Waals surface area contributed by atoms with Crippen LogP contribution < -0.4 is 0 Å². The van der Waals surface area contributed by atoms with Crippen LogP contribution in [-0.4, -0.2) is 18.8 Å². The highest BCUT2D eigenvalue weighted by molar-refractivity contribution is 7.98. The quantitative estimate of drug-likeness (QED) is 0.429. The van der Waals surface area contributed by atoms with Crippen molar-refractivity contribution in [1.82, 2.24) is 0 Å². The SMILES string of the molecule is CCCCCOC(=O)c1ccccc1SC. The monoisotopic (exact) mass is 238 g/mol. The summed E-state index contributed by atoms with van der Waals surface area (Å²) in [6.45, 7) is 2.65. The average Bonchev–Trinajstić information content (AvgIpc) is 2.34. The van der Waals surface area contributed by atoms with Crippen molar-refractivity contribution in [3.05, 3.63) is 29.8 Å². The minimum Gasteiger partial charge on any atom is -0.462 e. The number of hydrogen-bond acceptors (Lipinski definition) is 3. The lowest BCUT2D eigenvalue weighted by Gasteiger charge is -2.07. The fourth-order valence-electron chi connectivity index (χ4n) is 1.41. The number of hydrogen-bond donors (Lipinski definition) is 0. The van der Waals surface area contributed by atoms with Crippen LogP contribution in [0.3, 0.4) is 0 Å². The zero-order chi connectivity index (χ0) is 11.8. The van der Waals surface area contributed by atoms with E-state index in [1.54, 1.807) is 11.8 Å². The first-order valence-corrected chi connectivity index (χ1v) is 6.82. The van der Waals surface area contributed by atoms with Crippen molar-refractivity contribution in [2.24, 2.45) is 0 Å². The first kappa shape index (κ1) is 13.1. The number of rotatable bonds is 6. The molecule has 0 amide bonds. The Bertz CT molecular complexity index is 336. The molecule has 0 spiro atoms. The highest BCUT2D eigenvalue weighted by Gasteiger charge is 2.10. The Kier molecular flexibility index (Phi) is 6.01. The van der Waals surface area contributed by atoms with Crippen LogP contribution in [0.1, 0.15) is 36.5 Å². The first-order chi connectivity index (χ1) is 7.79. The zero-order valence-corrected chi connectivity index (χ0v) is 10.7. The largest absolute Gasteiger partial charge is 0.462 e. The van der Waals surface area contributed by atoms with Crippen LogP contribution >= 0.6 is 11.8 Å². The van der Waals surface area contributed by atoms with Gasteiger partial charge in [0.1, 0.15) is 0 Å². The van der Waals surface area contributed by atoms with Gasteiger partial charge in [0.2, 0.25) is 0 Å². The van der Waals surface area contributed by atoms with Crippen LogP contribution in [0.15, 0.2) is 29.2 Å². The Labute approximate surface area is 101 Å². The molecule has 0 bridgehead atoms. The number of thioether (sulfide) groups is 1. The van der Waals surface area contributed by atoms with Gasteiger partial charge in [0.15, 0.2) is 0 Å². The van der Waals surface area contributed by atoms with Crippen molar-refractivity contribution in [3.63, 3.8) is 0 Å². The Morgan fingerprint density at radius 3 is 2.75 bits per heavy atom. The van der Waals surface area contributed by atoms with Crippen molar-refractivity contribution in [3.8, 4) is 0 Å². The van der Waals surface area contributed by atoms with Gasteiger partial charge in [-0.1, -0.05) is 31.9 Å². The molecule has 0 aromatic heterocycles. The normalized spacial score (nSPS) is 10.1. The Hall–Kier alpha value is -0.960. The van der Waals surface area contributed by atoms with Crippen molar-refractivity contribution < 1.29 is 9.53 Å². The van der Waals surface area contributed by atoms with E-state index in [9.17, 15) is 4.79 Å². The van der Waals surface area contributed by atoms with Crippen LogP contribution in [-0.2, 0) is 4.74 Å². The van der Waals surface area contributed by atoms with E-state index in [1.165, 1.54) is 0 Å². The molecule has 0 unspecified atom stereocenters. The summed E-state index contributed by atoms with van der Waals surface area (Å²) < 4.78 is 5.22. The molecular formula is C13H18O2S. The highest BCUT2D eigenvalue weighted by Crippen LogP contribution is 2.20.